The molecule has 1 aromatic carbocycles. The van der Waals surface area contributed by atoms with Gasteiger partial charge in [0.15, 0.2) is 0 Å². The van der Waals surface area contributed by atoms with E-state index < -0.39 is 0 Å². The molecule has 0 aliphatic carbocycles. The van der Waals surface area contributed by atoms with Crippen molar-refractivity contribution in [3.05, 3.63) is 59.5 Å². The average molecular weight is 279 g/mol. The van der Waals surface area contributed by atoms with Gasteiger partial charge in [0.05, 0.1) is 18.8 Å². The van der Waals surface area contributed by atoms with Crippen LogP contribution in [0.25, 0.3) is 10.9 Å². The Morgan fingerprint density at radius 1 is 1.24 bits per heavy atom. The largest absolute Gasteiger partial charge is 0.497 e. The number of benzene rings is 1. The molecule has 2 aromatic heterocycles. The maximum absolute atomic E-state index is 5.35. The van der Waals surface area contributed by atoms with Gasteiger partial charge in [0.1, 0.15) is 5.75 Å². The van der Waals surface area contributed by atoms with E-state index in [2.05, 4.69) is 33.5 Å². The summed E-state index contributed by atoms with van der Waals surface area (Å²) in [5.74, 6) is 0.900. The highest BCUT2D eigenvalue weighted by Gasteiger charge is 2.25. The second-order valence-corrected chi connectivity index (χ2v) is 5.32. The van der Waals surface area contributed by atoms with Crippen LogP contribution in [0.1, 0.15) is 23.0 Å². The maximum atomic E-state index is 5.35. The van der Waals surface area contributed by atoms with Gasteiger partial charge in [-0.25, -0.2) is 0 Å². The molecule has 4 nitrogen and oxygen atoms in total. The molecule has 1 atom stereocenters. The van der Waals surface area contributed by atoms with Gasteiger partial charge in [0.25, 0.3) is 0 Å². The number of hydrogen-bond acceptors (Lipinski definition) is 3. The lowest BCUT2D eigenvalue weighted by Gasteiger charge is -2.23. The Kier molecular flexibility index (Phi) is 2.89. The third kappa shape index (κ3) is 1.99. The molecule has 0 spiro atoms. The predicted molar refractivity (Wildman–Crippen MR) is 82.6 cm³/mol. The number of rotatable bonds is 2. The number of nitrogens with zero attached hydrogens (tertiary/aromatic N) is 1. The van der Waals surface area contributed by atoms with Gasteiger partial charge >= 0.3 is 0 Å². The zero-order chi connectivity index (χ0) is 14.2. The maximum Gasteiger partial charge on any atom is 0.119 e. The standard InChI is InChI=1S/C17H17N3O/c1-21-11-5-6-14-13(10-11)12-7-9-19-17(16(12)20-14)15-4-2-3-8-18-15/h2-6,8,10,17,19-20H,7,9H2,1H3. The molecule has 106 valence electrons. The number of ether oxygens (including phenoxy) is 1. The monoisotopic (exact) mass is 279 g/mol. The summed E-state index contributed by atoms with van der Waals surface area (Å²) in [6, 6.07) is 12.4. The van der Waals surface area contributed by atoms with E-state index in [1.165, 1.54) is 16.6 Å². The molecule has 3 aromatic rings. The minimum atomic E-state index is 0.133. The summed E-state index contributed by atoms with van der Waals surface area (Å²) >= 11 is 0. The van der Waals surface area contributed by atoms with Gasteiger partial charge in [0.2, 0.25) is 0 Å². The van der Waals surface area contributed by atoms with Crippen molar-refractivity contribution in [2.24, 2.45) is 0 Å². The Morgan fingerprint density at radius 3 is 3.00 bits per heavy atom. The molecule has 0 saturated carbocycles. The molecule has 1 unspecified atom stereocenters. The first-order valence-electron chi connectivity index (χ1n) is 7.19. The van der Waals surface area contributed by atoms with Crippen molar-refractivity contribution in [2.45, 2.75) is 12.5 Å². The predicted octanol–water partition coefficient (Wildman–Crippen LogP) is 2.81. The van der Waals surface area contributed by atoms with Crippen molar-refractivity contribution in [3.8, 4) is 5.75 Å². The van der Waals surface area contributed by atoms with Crippen molar-refractivity contribution in [1.29, 1.82) is 0 Å². The topological polar surface area (TPSA) is 49.9 Å². The Labute approximate surface area is 123 Å². The summed E-state index contributed by atoms with van der Waals surface area (Å²) in [7, 11) is 1.71. The lowest BCUT2D eigenvalue weighted by Crippen LogP contribution is -2.30. The summed E-state index contributed by atoms with van der Waals surface area (Å²) in [6.07, 6.45) is 2.86. The van der Waals surface area contributed by atoms with Crippen LogP contribution < -0.4 is 10.1 Å². The summed E-state index contributed by atoms with van der Waals surface area (Å²) in [4.78, 5) is 8.06. The highest BCUT2D eigenvalue weighted by molar-refractivity contribution is 5.86. The van der Waals surface area contributed by atoms with E-state index in [1.807, 2.05) is 24.4 Å². The van der Waals surface area contributed by atoms with Gasteiger partial charge in [-0.05, 0) is 42.3 Å². The third-order valence-electron chi connectivity index (χ3n) is 4.14. The van der Waals surface area contributed by atoms with E-state index in [0.29, 0.717) is 0 Å². The van der Waals surface area contributed by atoms with E-state index in [1.54, 1.807) is 7.11 Å². The van der Waals surface area contributed by atoms with Crippen LogP contribution in [-0.4, -0.2) is 23.6 Å². The summed E-state index contributed by atoms with van der Waals surface area (Å²) in [5.41, 5.74) is 4.81. The molecule has 1 aliphatic rings. The zero-order valence-electron chi connectivity index (χ0n) is 11.9. The zero-order valence-corrected chi connectivity index (χ0v) is 11.9. The lowest BCUT2D eigenvalue weighted by molar-refractivity contribution is 0.415. The second-order valence-electron chi connectivity index (χ2n) is 5.32. The Morgan fingerprint density at radius 2 is 2.19 bits per heavy atom. The van der Waals surface area contributed by atoms with E-state index in [4.69, 9.17) is 4.74 Å². The molecule has 0 saturated heterocycles. The van der Waals surface area contributed by atoms with Crippen LogP contribution in [0.4, 0.5) is 0 Å². The third-order valence-corrected chi connectivity index (χ3v) is 4.14. The number of fused-ring (bicyclic) bond motifs is 3. The Balaban J connectivity index is 1.88. The molecule has 2 N–H and O–H groups in total. The molecule has 0 amide bonds. The van der Waals surface area contributed by atoms with Gasteiger partial charge in [-0.15, -0.1) is 0 Å². The van der Waals surface area contributed by atoms with Crippen LogP contribution in [-0.2, 0) is 6.42 Å². The molecule has 0 fully saturated rings. The average Bonchev–Trinajstić information content (AvgIpc) is 2.93. The van der Waals surface area contributed by atoms with Gasteiger partial charge in [0, 0.05) is 29.3 Å². The Bertz CT molecular complexity index is 779. The molecule has 3 heterocycles. The molecule has 4 heteroatoms. The van der Waals surface area contributed by atoms with E-state index in [-0.39, 0.29) is 6.04 Å². The number of nitrogens with one attached hydrogen (secondary N) is 2. The highest BCUT2D eigenvalue weighted by Crippen LogP contribution is 2.34. The smallest absolute Gasteiger partial charge is 0.119 e. The number of aromatic nitrogens is 2. The number of methoxy groups -OCH3 is 1. The lowest BCUT2D eigenvalue weighted by atomic mass is 9.97. The van der Waals surface area contributed by atoms with Crippen LogP contribution in [0.2, 0.25) is 0 Å². The molecule has 1 aliphatic heterocycles. The first kappa shape index (κ1) is 12.4. The quantitative estimate of drug-likeness (QED) is 0.758. The first-order valence-corrected chi connectivity index (χ1v) is 7.19. The first-order chi connectivity index (χ1) is 10.4. The summed E-state index contributed by atoms with van der Waals surface area (Å²) in [5, 5.41) is 4.81. The molecule has 0 radical (unpaired) electrons. The second kappa shape index (κ2) is 4.90. The van der Waals surface area contributed by atoms with Crippen molar-refractivity contribution >= 4 is 10.9 Å². The number of aromatic amines is 1. The van der Waals surface area contributed by atoms with E-state index in [0.717, 1.165) is 29.9 Å². The van der Waals surface area contributed by atoms with Gasteiger partial charge in [-0.2, -0.15) is 0 Å². The van der Waals surface area contributed by atoms with Gasteiger partial charge in [-0.1, -0.05) is 6.07 Å². The van der Waals surface area contributed by atoms with E-state index in [9.17, 15) is 0 Å². The Hall–Kier alpha value is -2.33. The minimum Gasteiger partial charge on any atom is -0.497 e. The highest BCUT2D eigenvalue weighted by atomic mass is 16.5. The fourth-order valence-corrected chi connectivity index (χ4v) is 3.13. The molecule has 4 rings (SSSR count). The summed E-state index contributed by atoms with van der Waals surface area (Å²) < 4.78 is 5.35. The van der Waals surface area contributed by atoms with Crippen LogP contribution in [0, 0.1) is 0 Å². The summed E-state index contributed by atoms with van der Waals surface area (Å²) in [6.45, 7) is 0.957. The van der Waals surface area contributed by atoms with E-state index >= 15 is 0 Å². The van der Waals surface area contributed by atoms with Crippen LogP contribution in [0.15, 0.2) is 42.6 Å². The van der Waals surface area contributed by atoms with Gasteiger partial charge in [-0.3, -0.25) is 4.98 Å². The van der Waals surface area contributed by atoms with Crippen LogP contribution in [0.5, 0.6) is 5.75 Å². The minimum absolute atomic E-state index is 0.133. The fourth-order valence-electron chi connectivity index (χ4n) is 3.13. The fraction of sp³-hybridized carbons (Fsp3) is 0.235. The van der Waals surface area contributed by atoms with Crippen LogP contribution in [0.3, 0.4) is 0 Å². The number of H-pyrrole nitrogens is 1. The molecular weight excluding hydrogens is 262 g/mol. The van der Waals surface area contributed by atoms with Crippen molar-refractivity contribution in [3.63, 3.8) is 0 Å². The normalized spacial score (nSPS) is 17.7. The van der Waals surface area contributed by atoms with Crippen molar-refractivity contribution in [2.75, 3.05) is 13.7 Å². The van der Waals surface area contributed by atoms with Crippen molar-refractivity contribution in [1.82, 2.24) is 15.3 Å². The van der Waals surface area contributed by atoms with Crippen molar-refractivity contribution < 1.29 is 4.74 Å². The molecule has 21 heavy (non-hydrogen) atoms. The molecule has 0 bridgehead atoms. The molecular formula is C17H17N3O. The van der Waals surface area contributed by atoms with Gasteiger partial charge < -0.3 is 15.0 Å². The SMILES string of the molecule is COc1ccc2[nH]c3c(c2c1)CCNC3c1ccccn1. The number of hydrogen-bond donors (Lipinski definition) is 2. The van der Waals surface area contributed by atoms with Crippen LogP contribution >= 0.6 is 0 Å². The number of pyridine rings is 1.